The molecule has 446 valence electrons. The van der Waals surface area contributed by atoms with Crippen LogP contribution in [0.4, 0.5) is 0 Å². The molecule has 1 saturated heterocycles. The van der Waals surface area contributed by atoms with E-state index in [1.807, 2.05) is 6.08 Å². The predicted octanol–water partition coefficient (Wildman–Crippen LogP) is 15.2. The highest BCUT2D eigenvalue weighted by Gasteiger charge is 2.47. The number of hydrogen-bond acceptors (Lipinski definition) is 10. The van der Waals surface area contributed by atoms with Crippen LogP contribution >= 0.6 is 0 Å². The second kappa shape index (κ2) is 53.7. The Kier molecular flexibility index (Phi) is 50.3. The fourth-order valence-electron chi connectivity index (χ4n) is 9.62. The fourth-order valence-corrected chi connectivity index (χ4v) is 9.62. The Labute approximate surface area is 471 Å². The summed E-state index contributed by atoms with van der Waals surface area (Å²) in [7, 11) is 0. The van der Waals surface area contributed by atoms with Crippen molar-refractivity contribution in [3.05, 3.63) is 72.9 Å². The lowest BCUT2D eigenvalue weighted by atomic mass is 9.99. The molecule has 1 aliphatic heterocycles. The van der Waals surface area contributed by atoms with Crippen LogP contribution in [0.3, 0.4) is 0 Å². The zero-order valence-corrected chi connectivity index (χ0v) is 49.3. The van der Waals surface area contributed by atoms with Crippen LogP contribution in [0.2, 0.25) is 0 Å². The summed E-state index contributed by atoms with van der Waals surface area (Å²) < 4.78 is 17.6. The maximum Gasteiger partial charge on any atom is 0.306 e. The lowest BCUT2D eigenvalue weighted by Gasteiger charge is -2.41. The van der Waals surface area contributed by atoms with Gasteiger partial charge in [-0.25, -0.2) is 0 Å². The van der Waals surface area contributed by atoms with E-state index in [0.29, 0.717) is 12.8 Å². The highest BCUT2D eigenvalue weighted by atomic mass is 16.7. The normalized spacial score (nSPS) is 19.5. The summed E-state index contributed by atoms with van der Waals surface area (Å²) in [6, 6.07) is -1.03. The van der Waals surface area contributed by atoms with Crippen molar-refractivity contribution in [3.63, 3.8) is 0 Å². The minimum atomic E-state index is -1.61. The smallest absolute Gasteiger partial charge is 0.306 e. The lowest BCUT2D eigenvalue weighted by molar-refractivity contribution is -0.305. The van der Waals surface area contributed by atoms with Gasteiger partial charge in [0.05, 0.1) is 25.4 Å². The van der Waals surface area contributed by atoms with Gasteiger partial charge in [-0.05, 0) is 70.6 Å². The minimum absolute atomic E-state index is 0.124. The number of rotatable bonds is 53. The van der Waals surface area contributed by atoms with Gasteiger partial charge in [0.1, 0.15) is 24.4 Å². The number of carbonyl (C=O) groups excluding carboxylic acids is 2. The first-order valence-electron chi connectivity index (χ1n) is 31.7. The molecular formula is C66H117NO10. The monoisotopic (exact) mass is 1080 g/mol. The first-order chi connectivity index (χ1) is 37.7. The first kappa shape index (κ1) is 72.1. The summed E-state index contributed by atoms with van der Waals surface area (Å²) in [6.07, 6.45) is 57.9. The predicted molar refractivity (Wildman–Crippen MR) is 319 cm³/mol. The number of nitrogens with one attached hydrogen (secondary N) is 1. The molecule has 0 bridgehead atoms. The quantitative estimate of drug-likeness (QED) is 0.0195. The summed E-state index contributed by atoms with van der Waals surface area (Å²) in [4.78, 5) is 26.5. The van der Waals surface area contributed by atoms with Gasteiger partial charge in [-0.15, -0.1) is 0 Å². The van der Waals surface area contributed by atoms with E-state index in [2.05, 4.69) is 86.8 Å². The van der Waals surface area contributed by atoms with Gasteiger partial charge in [-0.2, -0.15) is 0 Å². The van der Waals surface area contributed by atoms with Crippen molar-refractivity contribution in [2.24, 2.45) is 0 Å². The number of amides is 1. The molecule has 1 rings (SSSR count). The van der Waals surface area contributed by atoms with E-state index >= 15 is 0 Å². The standard InChI is InChI=1S/C66H117NO10/c1-4-7-10-13-16-19-22-24-26-27-28-29-30-31-32-34-35-38-41-44-47-50-53-59(70)65(74)67-57(58(69)52-49-46-43-40-37-21-18-15-12-9-6-3)56-75-66-64(63(73)62(72)60(55-68)76-66)77-61(71)54-51-48-45-42-39-36-33-25-23-20-17-14-11-8-5-2/h7,10,16,19,24,26,28-29,31-32,49,52,57-60,62-64,66,68-70,72-73H,4-6,8-9,11-15,17-18,20-23,25,27,30,33-48,50-51,53-56H2,1-3H3,(H,67,74)/b10-7-,19-16-,26-24-,29-28-,32-31-,52-49+. The molecule has 0 aromatic rings. The Balaban J connectivity index is 2.65. The zero-order valence-electron chi connectivity index (χ0n) is 49.3. The number of carbonyl (C=O) groups is 2. The Bertz CT molecular complexity index is 1530. The van der Waals surface area contributed by atoms with E-state index in [-0.39, 0.29) is 19.4 Å². The molecule has 1 fully saturated rings. The van der Waals surface area contributed by atoms with Crippen LogP contribution in [0.5, 0.6) is 0 Å². The van der Waals surface area contributed by atoms with Gasteiger partial charge in [0.25, 0.3) is 0 Å². The van der Waals surface area contributed by atoms with E-state index < -0.39 is 67.4 Å². The van der Waals surface area contributed by atoms with Crippen LogP contribution in [-0.2, 0) is 23.8 Å². The third-order valence-corrected chi connectivity index (χ3v) is 14.6. The summed E-state index contributed by atoms with van der Waals surface area (Å²) >= 11 is 0. The molecule has 1 heterocycles. The molecule has 1 aliphatic rings. The average Bonchev–Trinajstić information content (AvgIpc) is 3.43. The molecule has 77 heavy (non-hydrogen) atoms. The molecule has 1 amide bonds. The van der Waals surface area contributed by atoms with Gasteiger partial charge >= 0.3 is 5.97 Å². The van der Waals surface area contributed by atoms with Crippen LogP contribution in [0, 0.1) is 0 Å². The van der Waals surface area contributed by atoms with E-state index in [1.54, 1.807) is 6.08 Å². The fraction of sp³-hybridized carbons (Fsp3) is 0.788. The highest BCUT2D eigenvalue weighted by Crippen LogP contribution is 2.26. The number of aliphatic hydroxyl groups excluding tert-OH is 5. The molecule has 0 aromatic heterocycles. The molecule has 8 unspecified atom stereocenters. The number of allylic oxidation sites excluding steroid dienone is 11. The largest absolute Gasteiger partial charge is 0.454 e. The number of hydrogen-bond donors (Lipinski definition) is 6. The number of aliphatic hydroxyl groups is 5. The van der Waals surface area contributed by atoms with Crippen LogP contribution in [-0.4, -0.2) is 99.6 Å². The van der Waals surface area contributed by atoms with Crippen molar-refractivity contribution in [1.29, 1.82) is 0 Å². The summed E-state index contributed by atoms with van der Waals surface area (Å²) in [5.41, 5.74) is 0. The molecule has 8 atom stereocenters. The molecule has 0 aromatic carbocycles. The summed E-state index contributed by atoms with van der Waals surface area (Å²) in [5, 5.41) is 57.0. The lowest BCUT2D eigenvalue weighted by Crippen LogP contribution is -2.61. The van der Waals surface area contributed by atoms with Crippen molar-refractivity contribution < 1.29 is 49.3 Å². The van der Waals surface area contributed by atoms with Gasteiger partial charge in [0, 0.05) is 6.42 Å². The Morgan fingerprint density at radius 3 is 1.40 bits per heavy atom. The van der Waals surface area contributed by atoms with Gasteiger partial charge in [-0.1, -0.05) is 267 Å². The van der Waals surface area contributed by atoms with Gasteiger partial charge in [0.15, 0.2) is 12.4 Å². The minimum Gasteiger partial charge on any atom is -0.454 e. The highest BCUT2D eigenvalue weighted by molar-refractivity contribution is 5.80. The second-order valence-corrected chi connectivity index (χ2v) is 21.8. The van der Waals surface area contributed by atoms with Crippen molar-refractivity contribution in [1.82, 2.24) is 5.32 Å². The topological polar surface area (TPSA) is 175 Å². The molecular weight excluding hydrogens is 967 g/mol. The molecule has 0 radical (unpaired) electrons. The SMILES string of the molecule is CC/C=C\C/C=C\C/C=C\C/C=C\C/C=C\CCCCCCCCC(O)C(=O)NC(COC1OC(CO)C(O)C(O)C1OC(=O)CCCCCCCCCCCCCCCCC)C(O)/C=C/CCCCCCCCCCC. The Morgan fingerprint density at radius 2 is 0.935 bits per heavy atom. The van der Waals surface area contributed by atoms with Crippen molar-refractivity contribution >= 4 is 11.9 Å². The summed E-state index contributed by atoms with van der Waals surface area (Å²) in [5.74, 6) is -1.20. The molecule has 6 N–H and O–H groups in total. The van der Waals surface area contributed by atoms with Gasteiger partial charge < -0.3 is 45.1 Å². The van der Waals surface area contributed by atoms with E-state index in [1.165, 1.54) is 116 Å². The third-order valence-electron chi connectivity index (χ3n) is 14.6. The summed E-state index contributed by atoms with van der Waals surface area (Å²) in [6.45, 7) is 5.67. The molecule has 0 spiro atoms. The molecule has 11 nitrogen and oxygen atoms in total. The molecule has 0 saturated carbocycles. The average molecular weight is 1080 g/mol. The first-order valence-corrected chi connectivity index (χ1v) is 31.7. The number of esters is 1. The van der Waals surface area contributed by atoms with Gasteiger partial charge in [-0.3, -0.25) is 9.59 Å². The third kappa shape index (κ3) is 41.7. The van der Waals surface area contributed by atoms with Gasteiger partial charge in [0.2, 0.25) is 5.91 Å². The maximum atomic E-state index is 13.4. The van der Waals surface area contributed by atoms with Crippen LogP contribution in [0.15, 0.2) is 72.9 Å². The van der Waals surface area contributed by atoms with E-state index in [0.717, 1.165) is 109 Å². The second-order valence-electron chi connectivity index (χ2n) is 21.8. The molecule has 11 heteroatoms. The van der Waals surface area contributed by atoms with E-state index in [4.69, 9.17) is 14.2 Å². The number of unbranched alkanes of at least 4 members (excludes halogenated alkanes) is 29. The number of ether oxygens (including phenoxy) is 3. The van der Waals surface area contributed by atoms with Crippen LogP contribution < -0.4 is 5.32 Å². The van der Waals surface area contributed by atoms with E-state index in [9.17, 15) is 35.1 Å². The zero-order chi connectivity index (χ0) is 56.1. The van der Waals surface area contributed by atoms with Crippen molar-refractivity contribution in [2.45, 2.75) is 320 Å². The van der Waals surface area contributed by atoms with Crippen molar-refractivity contribution in [3.8, 4) is 0 Å². The van der Waals surface area contributed by atoms with Crippen molar-refractivity contribution in [2.75, 3.05) is 13.2 Å². The van der Waals surface area contributed by atoms with Crippen LogP contribution in [0.25, 0.3) is 0 Å². The molecule has 0 aliphatic carbocycles. The maximum absolute atomic E-state index is 13.4. The van der Waals surface area contributed by atoms with Crippen LogP contribution in [0.1, 0.15) is 271 Å². The Morgan fingerprint density at radius 1 is 0.519 bits per heavy atom. The Hall–Kier alpha value is -2.90.